The van der Waals surface area contributed by atoms with E-state index in [9.17, 15) is 0 Å². The first-order valence-electron chi connectivity index (χ1n) is 5.65. The van der Waals surface area contributed by atoms with E-state index in [2.05, 4.69) is 48.4 Å². The first-order valence-corrected chi connectivity index (χ1v) is 7.58. The Balaban J connectivity index is 1.79. The van der Waals surface area contributed by atoms with Crippen LogP contribution in [0.5, 0.6) is 0 Å². The molecule has 1 saturated heterocycles. The molecule has 3 heteroatoms. The predicted octanol–water partition coefficient (Wildman–Crippen LogP) is 3.16. The molecule has 1 N–H and O–H groups in total. The summed E-state index contributed by atoms with van der Waals surface area (Å²) in [5, 5.41) is 6.70. The first-order chi connectivity index (χ1) is 7.25. The van der Waals surface area contributed by atoms with Crippen LogP contribution in [0.2, 0.25) is 0 Å². The topological polar surface area (TPSA) is 12.0 Å². The van der Waals surface area contributed by atoms with E-state index in [1.165, 1.54) is 23.5 Å². The van der Waals surface area contributed by atoms with Crippen molar-refractivity contribution in [3.05, 3.63) is 22.4 Å². The van der Waals surface area contributed by atoms with Gasteiger partial charge in [-0.3, -0.25) is 0 Å². The van der Waals surface area contributed by atoms with Crippen molar-refractivity contribution in [1.29, 1.82) is 0 Å². The fourth-order valence-electron chi connectivity index (χ4n) is 2.11. The van der Waals surface area contributed by atoms with Gasteiger partial charge in [-0.1, -0.05) is 13.0 Å². The summed E-state index contributed by atoms with van der Waals surface area (Å²) in [5.41, 5.74) is 0. The summed E-state index contributed by atoms with van der Waals surface area (Å²) in [7, 11) is 0. The zero-order valence-corrected chi connectivity index (χ0v) is 11.0. The van der Waals surface area contributed by atoms with Crippen LogP contribution in [0.25, 0.3) is 0 Å². The van der Waals surface area contributed by atoms with Crippen molar-refractivity contribution in [2.75, 3.05) is 5.75 Å². The van der Waals surface area contributed by atoms with Gasteiger partial charge in [0, 0.05) is 22.2 Å². The van der Waals surface area contributed by atoms with Gasteiger partial charge >= 0.3 is 0 Å². The molecule has 15 heavy (non-hydrogen) atoms. The lowest BCUT2D eigenvalue weighted by Gasteiger charge is -2.21. The van der Waals surface area contributed by atoms with Gasteiger partial charge in [0.1, 0.15) is 0 Å². The van der Waals surface area contributed by atoms with Crippen LogP contribution >= 0.6 is 23.1 Å². The monoisotopic (exact) mass is 241 g/mol. The molecule has 1 fully saturated rings. The molecule has 0 amide bonds. The highest BCUT2D eigenvalue weighted by molar-refractivity contribution is 8.00. The standard InChI is InChI=1S/C12H19NS2/c1-9(8-11-4-3-6-15-11)13-12-5-7-14-10(12)2/h3-4,6,9-10,12-13H,5,7-8H2,1-2H3. The summed E-state index contributed by atoms with van der Waals surface area (Å²) in [4.78, 5) is 1.49. The Morgan fingerprint density at radius 1 is 1.60 bits per heavy atom. The van der Waals surface area contributed by atoms with E-state index in [1.54, 1.807) is 0 Å². The van der Waals surface area contributed by atoms with Crippen LogP contribution in [-0.4, -0.2) is 23.1 Å². The predicted molar refractivity (Wildman–Crippen MR) is 70.9 cm³/mol. The van der Waals surface area contributed by atoms with Crippen molar-refractivity contribution >= 4 is 23.1 Å². The lowest BCUT2D eigenvalue weighted by atomic mass is 10.1. The fourth-order valence-corrected chi connectivity index (χ4v) is 4.15. The summed E-state index contributed by atoms with van der Waals surface area (Å²) in [6, 6.07) is 5.70. The summed E-state index contributed by atoms with van der Waals surface area (Å²) < 4.78 is 0. The van der Waals surface area contributed by atoms with Crippen LogP contribution in [0.1, 0.15) is 25.1 Å². The van der Waals surface area contributed by atoms with Gasteiger partial charge in [0.2, 0.25) is 0 Å². The normalized spacial score (nSPS) is 28.1. The smallest absolute Gasteiger partial charge is 0.0194 e. The molecule has 1 aromatic heterocycles. The third-order valence-corrected chi connectivity index (χ3v) is 5.19. The maximum Gasteiger partial charge on any atom is 0.0194 e. The van der Waals surface area contributed by atoms with Crippen LogP contribution in [0.4, 0.5) is 0 Å². The zero-order valence-electron chi connectivity index (χ0n) is 9.40. The fraction of sp³-hybridized carbons (Fsp3) is 0.667. The van der Waals surface area contributed by atoms with Crippen LogP contribution in [0.3, 0.4) is 0 Å². The molecule has 1 aromatic rings. The highest BCUT2D eigenvalue weighted by Gasteiger charge is 2.24. The lowest BCUT2D eigenvalue weighted by Crippen LogP contribution is -2.40. The van der Waals surface area contributed by atoms with E-state index in [1.807, 2.05) is 11.3 Å². The highest BCUT2D eigenvalue weighted by atomic mass is 32.2. The van der Waals surface area contributed by atoms with E-state index in [4.69, 9.17) is 0 Å². The molecule has 1 aliphatic heterocycles. The summed E-state index contributed by atoms with van der Waals surface area (Å²) in [5.74, 6) is 1.32. The number of hydrogen-bond acceptors (Lipinski definition) is 3. The highest BCUT2D eigenvalue weighted by Crippen LogP contribution is 2.26. The van der Waals surface area contributed by atoms with Gasteiger partial charge in [0.25, 0.3) is 0 Å². The van der Waals surface area contributed by atoms with Crippen molar-refractivity contribution < 1.29 is 0 Å². The summed E-state index contributed by atoms with van der Waals surface area (Å²) in [6.45, 7) is 4.64. The Hall–Kier alpha value is 0.01000. The second-order valence-electron chi connectivity index (χ2n) is 4.32. The zero-order chi connectivity index (χ0) is 10.7. The van der Waals surface area contributed by atoms with E-state index >= 15 is 0 Å². The molecule has 1 aliphatic rings. The van der Waals surface area contributed by atoms with Gasteiger partial charge in [-0.15, -0.1) is 11.3 Å². The van der Waals surface area contributed by atoms with Gasteiger partial charge in [0.05, 0.1) is 0 Å². The average Bonchev–Trinajstić information content (AvgIpc) is 2.79. The van der Waals surface area contributed by atoms with Gasteiger partial charge < -0.3 is 5.32 Å². The maximum atomic E-state index is 3.75. The lowest BCUT2D eigenvalue weighted by molar-refractivity contribution is 0.443. The molecule has 2 rings (SSSR count). The molecule has 0 radical (unpaired) electrons. The third-order valence-electron chi connectivity index (χ3n) is 2.96. The van der Waals surface area contributed by atoms with Crippen LogP contribution in [0.15, 0.2) is 17.5 Å². The number of nitrogens with one attached hydrogen (secondary N) is 1. The van der Waals surface area contributed by atoms with E-state index in [-0.39, 0.29) is 0 Å². The number of thiophene rings is 1. The molecule has 0 aliphatic carbocycles. The van der Waals surface area contributed by atoms with Gasteiger partial charge in [-0.05, 0) is 37.0 Å². The van der Waals surface area contributed by atoms with Crippen molar-refractivity contribution in [2.24, 2.45) is 0 Å². The summed E-state index contributed by atoms with van der Waals surface area (Å²) in [6.07, 6.45) is 2.51. The van der Waals surface area contributed by atoms with Gasteiger partial charge in [-0.25, -0.2) is 0 Å². The number of rotatable bonds is 4. The molecular weight excluding hydrogens is 222 g/mol. The van der Waals surface area contributed by atoms with Gasteiger partial charge in [-0.2, -0.15) is 11.8 Å². The molecule has 0 bridgehead atoms. The molecule has 3 atom stereocenters. The minimum Gasteiger partial charge on any atom is -0.310 e. The van der Waals surface area contributed by atoms with Crippen molar-refractivity contribution in [3.63, 3.8) is 0 Å². The Morgan fingerprint density at radius 3 is 3.07 bits per heavy atom. The number of hydrogen-bond donors (Lipinski definition) is 1. The van der Waals surface area contributed by atoms with Crippen molar-refractivity contribution in [2.45, 2.75) is 44.0 Å². The average molecular weight is 241 g/mol. The maximum absolute atomic E-state index is 3.75. The second-order valence-corrected chi connectivity index (χ2v) is 6.84. The largest absolute Gasteiger partial charge is 0.310 e. The SMILES string of the molecule is CC(Cc1cccs1)NC1CCSC1C. The molecule has 0 aromatic carbocycles. The van der Waals surface area contributed by atoms with E-state index in [0.717, 1.165) is 11.3 Å². The van der Waals surface area contributed by atoms with Crippen LogP contribution in [0, 0.1) is 0 Å². The number of thioether (sulfide) groups is 1. The van der Waals surface area contributed by atoms with Gasteiger partial charge in [0.15, 0.2) is 0 Å². The second kappa shape index (κ2) is 5.37. The Kier molecular flexibility index (Phi) is 4.12. The molecular formula is C12H19NS2. The molecule has 84 valence electrons. The van der Waals surface area contributed by atoms with Crippen molar-refractivity contribution in [1.82, 2.24) is 5.32 Å². The molecule has 1 nitrogen and oxygen atoms in total. The van der Waals surface area contributed by atoms with Crippen LogP contribution < -0.4 is 5.32 Å². The minimum absolute atomic E-state index is 0.606. The summed E-state index contributed by atoms with van der Waals surface area (Å²) >= 11 is 3.96. The van der Waals surface area contributed by atoms with Crippen molar-refractivity contribution in [3.8, 4) is 0 Å². The Morgan fingerprint density at radius 2 is 2.47 bits per heavy atom. The molecule has 3 unspecified atom stereocenters. The minimum atomic E-state index is 0.606. The molecule has 0 saturated carbocycles. The molecule has 2 heterocycles. The quantitative estimate of drug-likeness (QED) is 0.869. The van der Waals surface area contributed by atoms with E-state index < -0.39 is 0 Å². The Labute approximate surface area is 101 Å². The van der Waals surface area contributed by atoms with Crippen LogP contribution in [-0.2, 0) is 6.42 Å². The molecule has 0 spiro atoms. The van der Waals surface area contributed by atoms with E-state index in [0.29, 0.717) is 6.04 Å². The first kappa shape index (κ1) is 11.5. The third kappa shape index (κ3) is 3.23. The Bertz CT molecular complexity index is 284.